The van der Waals surface area contributed by atoms with Gasteiger partial charge in [0.05, 0.1) is 12.6 Å². The van der Waals surface area contributed by atoms with Gasteiger partial charge in [-0.2, -0.15) is 0 Å². The van der Waals surface area contributed by atoms with Crippen LogP contribution in [0.5, 0.6) is 0 Å². The normalized spacial score (nSPS) is 12.4. The van der Waals surface area contributed by atoms with Gasteiger partial charge in [0.15, 0.2) is 0 Å². The molecule has 0 saturated carbocycles. The molecule has 1 atom stereocenters. The van der Waals surface area contributed by atoms with Crippen LogP contribution in [0.4, 0.5) is 0 Å². The van der Waals surface area contributed by atoms with Crippen molar-refractivity contribution in [3.8, 4) is 10.6 Å². The second kappa shape index (κ2) is 7.51. The minimum absolute atomic E-state index is 0.0596. The third kappa shape index (κ3) is 3.93. The fourth-order valence-electron chi connectivity index (χ4n) is 2.06. The molecule has 2 aromatic rings. The molecule has 0 radical (unpaired) electrons. The Balaban J connectivity index is 2.12. The first-order valence-corrected chi connectivity index (χ1v) is 8.40. The van der Waals surface area contributed by atoms with E-state index >= 15 is 0 Å². The van der Waals surface area contributed by atoms with E-state index in [-0.39, 0.29) is 18.6 Å². The molecule has 0 aliphatic rings. The number of hydrogen-bond donors (Lipinski definition) is 2. The number of amides is 1. The van der Waals surface area contributed by atoms with Crippen LogP contribution in [0.1, 0.15) is 49.2 Å². The Kier molecular flexibility index (Phi) is 5.69. The summed E-state index contributed by atoms with van der Waals surface area (Å²) in [5.41, 5.74) is 2.70. The maximum atomic E-state index is 12.1. The number of aromatic nitrogens is 1. The Hall–Kier alpha value is -1.72. The molecule has 118 valence electrons. The summed E-state index contributed by atoms with van der Waals surface area (Å²) in [6, 6.07) is 8.06. The average molecular weight is 318 g/mol. The molecule has 0 saturated heterocycles. The monoisotopic (exact) mass is 318 g/mol. The number of rotatable bonds is 6. The van der Waals surface area contributed by atoms with Gasteiger partial charge in [0, 0.05) is 10.9 Å². The first-order chi connectivity index (χ1) is 10.5. The molecule has 1 aromatic heterocycles. The lowest BCUT2D eigenvalue weighted by atomic mass is 10.0. The number of nitrogens with one attached hydrogen (secondary N) is 1. The van der Waals surface area contributed by atoms with Crippen molar-refractivity contribution in [2.45, 2.75) is 39.2 Å². The van der Waals surface area contributed by atoms with Gasteiger partial charge < -0.3 is 10.4 Å². The minimum atomic E-state index is -0.234. The molecule has 1 aromatic carbocycles. The number of nitrogens with zero attached hydrogens (tertiary/aromatic N) is 1. The Morgan fingerprint density at radius 1 is 1.32 bits per heavy atom. The number of hydrogen-bond acceptors (Lipinski definition) is 4. The van der Waals surface area contributed by atoms with Gasteiger partial charge in [0.25, 0.3) is 5.91 Å². The zero-order valence-corrected chi connectivity index (χ0v) is 14.0. The summed E-state index contributed by atoms with van der Waals surface area (Å²) in [6.07, 6.45) is 0.690. The average Bonchev–Trinajstić information content (AvgIpc) is 3.02. The van der Waals surface area contributed by atoms with E-state index in [0.29, 0.717) is 18.0 Å². The molecule has 1 unspecified atom stereocenters. The van der Waals surface area contributed by atoms with Crippen molar-refractivity contribution < 1.29 is 9.90 Å². The van der Waals surface area contributed by atoms with Crippen LogP contribution in [0.25, 0.3) is 10.6 Å². The maximum absolute atomic E-state index is 12.1. The zero-order valence-electron chi connectivity index (χ0n) is 13.2. The van der Waals surface area contributed by atoms with Crippen molar-refractivity contribution >= 4 is 17.2 Å². The number of benzene rings is 1. The van der Waals surface area contributed by atoms with Crippen molar-refractivity contribution in [1.82, 2.24) is 10.3 Å². The highest BCUT2D eigenvalue weighted by molar-refractivity contribution is 7.13. The first-order valence-electron chi connectivity index (χ1n) is 7.52. The summed E-state index contributed by atoms with van der Waals surface area (Å²) in [5.74, 6) is 0.262. The van der Waals surface area contributed by atoms with Gasteiger partial charge in [-0.25, -0.2) is 4.98 Å². The lowest BCUT2D eigenvalue weighted by molar-refractivity contribution is 0.0910. The molecule has 22 heavy (non-hydrogen) atoms. The minimum Gasteiger partial charge on any atom is -0.394 e. The topological polar surface area (TPSA) is 62.2 Å². The van der Waals surface area contributed by atoms with Crippen LogP contribution in [-0.2, 0) is 0 Å². The van der Waals surface area contributed by atoms with Crippen LogP contribution in [0.3, 0.4) is 0 Å². The highest BCUT2D eigenvalue weighted by atomic mass is 32.1. The van der Waals surface area contributed by atoms with Crippen molar-refractivity contribution in [2.24, 2.45) is 0 Å². The number of aliphatic hydroxyl groups is 1. The van der Waals surface area contributed by atoms with Crippen molar-refractivity contribution in [1.29, 1.82) is 0 Å². The number of carbonyl (C=O) groups is 1. The molecule has 4 nitrogen and oxygen atoms in total. The predicted molar refractivity (Wildman–Crippen MR) is 90.3 cm³/mol. The molecule has 0 fully saturated rings. The van der Waals surface area contributed by atoms with E-state index in [1.807, 2.05) is 19.1 Å². The van der Waals surface area contributed by atoms with Crippen LogP contribution in [0, 0.1) is 0 Å². The fraction of sp³-hybridized carbons (Fsp3) is 0.412. The number of thiazole rings is 1. The van der Waals surface area contributed by atoms with Gasteiger partial charge >= 0.3 is 0 Å². The summed E-state index contributed by atoms with van der Waals surface area (Å²) in [6.45, 7) is 6.18. The summed E-state index contributed by atoms with van der Waals surface area (Å²) in [5, 5.41) is 14.5. The molecule has 2 rings (SSSR count). The van der Waals surface area contributed by atoms with Crippen LogP contribution in [-0.4, -0.2) is 28.6 Å². The van der Waals surface area contributed by atoms with E-state index in [4.69, 9.17) is 5.11 Å². The third-order valence-corrected chi connectivity index (χ3v) is 4.50. The van der Waals surface area contributed by atoms with Crippen molar-refractivity contribution in [3.05, 3.63) is 40.9 Å². The molecular weight excluding hydrogens is 296 g/mol. The summed E-state index contributed by atoms with van der Waals surface area (Å²) < 4.78 is 0. The smallest absolute Gasteiger partial charge is 0.271 e. The van der Waals surface area contributed by atoms with Gasteiger partial charge in [-0.05, 0) is 17.9 Å². The van der Waals surface area contributed by atoms with Crippen molar-refractivity contribution in [3.63, 3.8) is 0 Å². The van der Waals surface area contributed by atoms with Gasteiger partial charge in [-0.3, -0.25) is 4.79 Å². The molecule has 0 aliphatic carbocycles. The summed E-state index contributed by atoms with van der Waals surface area (Å²) in [7, 11) is 0. The van der Waals surface area contributed by atoms with Gasteiger partial charge in [-0.1, -0.05) is 45.0 Å². The second-order valence-electron chi connectivity index (χ2n) is 5.58. The standard InChI is InChI=1S/C17H22N2O2S/c1-4-14(9-20)18-16(21)15-10-22-17(19-15)13-7-5-12(6-8-13)11(2)3/h5-8,10-11,14,20H,4,9H2,1-3H3,(H,18,21). The molecular formula is C17H22N2O2S. The maximum Gasteiger partial charge on any atom is 0.271 e. The van der Waals surface area contributed by atoms with Crippen molar-refractivity contribution in [2.75, 3.05) is 6.61 Å². The first kappa shape index (κ1) is 16.6. The lowest BCUT2D eigenvalue weighted by Crippen LogP contribution is -2.37. The second-order valence-corrected chi connectivity index (χ2v) is 6.43. The zero-order chi connectivity index (χ0) is 16.1. The molecule has 0 bridgehead atoms. The van der Waals surface area contributed by atoms with Gasteiger partial charge in [0.2, 0.25) is 0 Å². The summed E-state index contributed by atoms with van der Waals surface area (Å²) in [4.78, 5) is 16.5. The highest BCUT2D eigenvalue weighted by Gasteiger charge is 2.15. The summed E-state index contributed by atoms with van der Waals surface area (Å²) >= 11 is 1.45. The third-order valence-electron chi connectivity index (χ3n) is 3.61. The Bertz CT molecular complexity index is 616. The van der Waals surface area contributed by atoms with E-state index in [2.05, 4.69) is 36.3 Å². The van der Waals surface area contributed by atoms with Crippen LogP contribution in [0.15, 0.2) is 29.6 Å². The SMILES string of the molecule is CCC(CO)NC(=O)c1csc(-c2ccc(C(C)C)cc2)n1. The Morgan fingerprint density at radius 3 is 2.55 bits per heavy atom. The van der Waals surface area contributed by atoms with E-state index < -0.39 is 0 Å². The van der Waals surface area contributed by atoms with E-state index in [1.54, 1.807) is 5.38 Å². The molecule has 5 heteroatoms. The Morgan fingerprint density at radius 2 is 2.00 bits per heavy atom. The Labute approximate surface area is 135 Å². The molecule has 1 heterocycles. The number of carbonyl (C=O) groups excluding carboxylic acids is 1. The van der Waals surface area contributed by atoms with Gasteiger partial charge in [-0.15, -0.1) is 11.3 Å². The fourth-order valence-corrected chi connectivity index (χ4v) is 2.86. The van der Waals surface area contributed by atoms with E-state index in [0.717, 1.165) is 10.6 Å². The van der Waals surface area contributed by atoms with Crippen LogP contribution >= 0.6 is 11.3 Å². The molecule has 0 spiro atoms. The lowest BCUT2D eigenvalue weighted by Gasteiger charge is -2.12. The quantitative estimate of drug-likeness (QED) is 0.857. The van der Waals surface area contributed by atoms with Crippen LogP contribution in [0.2, 0.25) is 0 Å². The molecule has 1 amide bonds. The highest BCUT2D eigenvalue weighted by Crippen LogP contribution is 2.25. The van der Waals surface area contributed by atoms with Gasteiger partial charge in [0.1, 0.15) is 10.7 Å². The predicted octanol–water partition coefficient (Wildman–Crippen LogP) is 3.43. The largest absolute Gasteiger partial charge is 0.394 e. The molecule has 2 N–H and O–H groups in total. The van der Waals surface area contributed by atoms with E-state index in [9.17, 15) is 4.79 Å². The number of aliphatic hydroxyl groups excluding tert-OH is 1. The molecule has 0 aliphatic heterocycles. The van der Waals surface area contributed by atoms with Crippen LogP contribution < -0.4 is 5.32 Å². The van der Waals surface area contributed by atoms with E-state index in [1.165, 1.54) is 16.9 Å².